The molecule has 0 fully saturated rings. The first-order valence-electron chi connectivity index (χ1n) is 13.6. The van der Waals surface area contributed by atoms with E-state index in [2.05, 4.69) is 102 Å². The molecule has 36 heavy (non-hydrogen) atoms. The quantitative estimate of drug-likeness (QED) is 0.215. The average Bonchev–Trinajstić information content (AvgIpc) is 3.33. The highest BCUT2D eigenvalue weighted by Gasteiger charge is 2.50. The molecule has 7 rings (SSSR count). The van der Waals surface area contributed by atoms with Gasteiger partial charge in [-0.1, -0.05) is 62.4 Å². The van der Waals surface area contributed by atoms with Gasteiger partial charge < -0.3 is 0 Å². The van der Waals surface area contributed by atoms with Crippen molar-refractivity contribution in [2.24, 2.45) is 10.8 Å². The van der Waals surface area contributed by atoms with Gasteiger partial charge in [0.1, 0.15) is 0 Å². The first-order valence-corrected chi connectivity index (χ1v) is 13.6. The SMILES string of the molecule is Cc1cc2cc3c(cc2cc1C)CC(C)(C1(C)Cc2cc4cc5cc(C)c(C)cc5cc4cc2C1)C3. The molecule has 0 saturated carbocycles. The van der Waals surface area contributed by atoms with Crippen LogP contribution in [0.1, 0.15) is 58.4 Å². The third-order valence-corrected chi connectivity index (χ3v) is 10.3. The summed E-state index contributed by atoms with van der Waals surface area (Å²) in [5.41, 5.74) is 12.4. The van der Waals surface area contributed by atoms with Crippen LogP contribution in [0.15, 0.2) is 60.7 Å². The first-order chi connectivity index (χ1) is 17.1. The minimum absolute atomic E-state index is 0.274. The smallest absolute Gasteiger partial charge is 0.0175 e. The van der Waals surface area contributed by atoms with E-state index in [1.54, 1.807) is 22.3 Å². The first kappa shape index (κ1) is 22.1. The van der Waals surface area contributed by atoms with Crippen molar-refractivity contribution in [2.75, 3.05) is 0 Å². The topological polar surface area (TPSA) is 0 Å². The van der Waals surface area contributed by atoms with Crippen molar-refractivity contribution in [1.29, 1.82) is 0 Å². The van der Waals surface area contributed by atoms with Gasteiger partial charge in [0, 0.05) is 0 Å². The van der Waals surface area contributed by atoms with Crippen molar-refractivity contribution < 1.29 is 0 Å². The Balaban J connectivity index is 1.27. The van der Waals surface area contributed by atoms with Crippen LogP contribution in [0.5, 0.6) is 0 Å². The van der Waals surface area contributed by atoms with Crippen molar-refractivity contribution in [1.82, 2.24) is 0 Å². The number of hydrogen-bond donors (Lipinski definition) is 0. The highest BCUT2D eigenvalue weighted by atomic mass is 14.5. The molecular weight excluding hydrogens is 432 g/mol. The Bertz CT molecular complexity index is 1630. The highest BCUT2D eigenvalue weighted by molar-refractivity contribution is 5.99. The Hall–Kier alpha value is -3.12. The Labute approximate surface area is 215 Å². The van der Waals surface area contributed by atoms with Gasteiger partial charge in [-0.3, -0.25) is 0 Å². The normalized spacial score (nSPS) is 17.7. The van der Waals surface area contributed by atoms with E-state index in [4.69, 9.17) is 0 Å². The summed E-state index contributed by atoms with van der Waals surface area (Å²) in [6.07, 6.45) is 4.76. The number of hydrogen-bond acceptors (Lipinski definition) is 0. The van der Waals surface area contributed by atoms with Crippen LogP contribution in [0.4, 0.5) is 0 Å². The van der Waals surface area contributed by atoms with E-state index in [1.807, 2.05) is 0 Å². The molecule has 0 atom stereocenters. The summed E-state index contributed by atoms with van der Waals surface area (Å²) in [7, 11) is 0. The summed E-state index contributed by atoms with van der Waals surface area (Å²) in [6.45, 7) is 14.0. The van der Waals surface area contributed by atoms with Crippen LogP contribution in [0.2, 0.25) is 0 Å². The molecule has 2 aliphatic rings. The van der Waals surface area contributed by atoms with Crippen LogP contribution in [0.25, 0.3) is 32.3 Å². The van der Waals surface area contributed by atoms with E-state index in [0.717, 1.165) is 0 Å². The second kappa shape index (κ2) is 7.22. The molecule has 0 heterocycles. The van der Waals surface area contributed by atoms with Gasteiger partial charge in [0.05, 0.1) is 0 Å². The van der Waals surface area contributed by atoms with Crippen molar-refractivity contribution in [3.05, 3.63) is 105 Å². The average molecular weight is 469 g/mol. The largest absolute Gasteiger partial charge is 0.0585 e. The summed E-state index contributed by atoms with van der Waals surface area (Å²) >= 11 is 0. The molecule has 0 bridgehead atoms. The minimum atomic E-state index is 0.274. The predicted octanol–water partition coefficient (Wildman–Crippen LogP) is 9.29. The van der Waals surface area contributed by atoms with E-state index in [-0.39, 0.29) is 10.8 Å². The zero-order valence-corrected chi connectivity index (χ0v) is 22.6. The standard InChI is InChI=1S/C36H36/c1-21-7-25-11-29-15-33-19-36(6,20-34(33)16-30(29)12-26(25)8-22(21)2)35(5)17-31-13-27-9-23(3)24(4)10-28(27)14-32(31)18-35/h7-16H,17-20H2,1-6H3. The molecule has 0 aliphatic heterocycles. The van der Waals surface area contributed by atoms with Crippen LogP contribution in [-0.4, -0.2) is 0 Å². The fourth-order valence-electron chi connectivity index (χ4n) is 7.41. The number of benzene rings is 5. The number of rotatable bonds is 1. The summed E-state index contributed by atoms with van der Waals surface area (Å²) in [5, 5.41) is 8.33. The summed E-state index contributed by atoms with van der Waals surface area (Å²) in [6, 6.07) is 24.3. The van der Waals surface area contributed by atoms with Gasteiger partial charge in [0.15, 0.2) is 0 Å². The molecule has 0 heteroatoms. The van der Waals surface area contributed by atoms with Crippen LogP contribution in [0, 0.1) is 38.5 Å². The Morgan fingerprint density at radius 3 is 0.861 bits per heavy atom. The Morgan fingerprint density at radius 2 is 0.583 bits per heavy atom. The molecule has 0 unspecified atom stereocenters. The second-order valence-corrected chi connectivity index (χ2v) is 12.8. The molecule has 0 nitrogen and oxygen atoms in total. The Kier molecular flexibility index (Phi) is 4.43. The molecule has 2 aliphatic carbocycles. The summed E-state index contributed by atoms with van der Waals surface area (Å²) < 4.78 is 0. The molecule has 0 radical (unpaired) electrons. The lowest BCUT2D eigenvalue weighted by molar-refractivity contribution is 0.0902. The van der Waals surface area contributed by atoms with Crippen LogP contribution < -0.4 is 0 Å². The minimum Gasteiger partial charge on any atom is -0.0585 e. The van der Waals surface area contributed by atoms with E-state index >= 15 is 0 Å². The molecule has 180 valence electrons. The molecule has 5 aromatic carbocycles. The van der Waals surface area contributed by atoms with E-state index in [9.17, 15) is 0 Å². The number of fused-ring (bicyclic) bond motifs is 5. The zero-order chi connectivity index (χ0) is 25.0. The lowest BCUT2D eigenvalue weighted by atomic mass is 9.62. The van der Waals surface area contributed by atoms with Crippen LogP contribution in [0.3, 0.4) is 0 Å². The molecule has 0 saturated heterocycles. The summed E-state index contributed by atoms with van der Waals surface area (Å²) in [4.78, 5) is 0. The molecule has 0 N–H and O–H groups in total. The van der Waals surface area contributed by atoms with Crippen LogP contribution in [-0.2, 0) is 25.7 Å². The van der Waals surface area contributed by atoms with Crippen molar-refractivity contribution in [3.63, 3.8) is 0 Å². The zero-order valence-electron chi connectivity index (χ0n) is 22.6. The molecular formula is C36H36. The van der Waals surface area contributed by atoms with Gasteiger partial charge in [-0.25, -0.2) is 0 Å². The molecule has 0 aromatic heterocycles. The summed E-state index contributed by atoms with van der Waals surface area (Å²) in [5.74, 6) is 0. The second-order valence-electron chi connectivity index (χ2n) is 12.8. The van der Waals surface area contributed by atoms with Crippen molar-refractivity contribution >= 4 is 32.3 Å². The Morgan fingerprint density at radius 1 is 0.361 bits per heavy atom. The van der Waals surface area contributed by atoms with E-state index in [1.165, 1.54) is 80.3 Å². The third-order valence-electron chi connectivity index (χ3n) is 10.3. The maximum atomic E-state index is 2.57. The maximum Gasteiger partial charge on any atom is -0.0175 e. The number of aryl methyl sites for hydroxylation is 4. The molecule has 5 aromatic rings. The lowest BCUT2D eigenvalue weighted by Gasteiger charge is -2.42. The van der Waals surface area contributed by atoms with Gasteiger partial charge in [-0.2, -0.15) is 0 Å². The van der Waals surface area contributed by atoms with Crippen molar-refractivity contribution in [2.45, 2.75) is 67.2 Å². The fourth-order valence-corrected chi connectivity index (χ4v) is 7.41. The van der Waals surface area contributed by atoms with E-state index in [0.29, 0.717) is 0 Å². The molecule has 0 amide bonds. The van der Waals surface area contributed by atoms with Gasteiger partial charge >= 0.3 is 0 Å². The fraction of sp³-hybridized carbons (Fsp3) is 0.333. The maximum absolute atomic E-state index is 2.57. The van der Waals surface area contributed by atoms with Crippen LogP contribution >= 0.6 is 0 Å². The van der Waals surface area contributed by atoms with Gasteiger partial charge in [0.25, 0.3) is 0 Å². The van der Waals surface area contributed by atoms with E-state index < -0.39 is 0 Å². The lowest BCUT2D eigenvalue weighted by Crippen LogP contribution is -2.39. The predicted molar refractivity (Wildman–Crippen MR) is 155 cm³/mol. The molecule has 0 spiro atoms. The van der Waals surface area contributed by atoms with Gasteiger partial charge in [-0.05, 0) is 153 Å². The van der Waals surface area contributed by atoms with Crippen molar-refractivity contribution in [3.8, 4) is 0 Å². The monoisotopic (exact) mass is 468 g/mol. The third kappa shape index (κ3) is 3.13. The van der Waals surface area contributed by atoms with Gasteiger partial charge in [-0.15, -0.1) is 0 Å². The van der Waals surface area contributed by atoms with Gasteiger partial charge in [0.2, 0.25) is 0 Å². The highest BCUT2D eigenvalue weighted by Crippen LogP contribution is 2.56.